The zero-order chi connectivity index (χ0) is 13.5. The van der Waals surface area contributed by atoms with Gasteiger partial charge in [-0.15, -0.1) is 0 Å². The first-order valence-electron chi connectivity index (χ1n) is 5.82. The normalized spacial score (nSPS) is 9.58. The second-order valence-corrected chi connectivity index (χ2v) is 3.50. The highest BCUT2D eigenvalue weighted by molar-refractivity contribution is 5.56. The summed E-state index contributed by atoms with van der Waals surface area (Å²) in [7, 11) is 1.50. The summed E-state index contributed by atoms with van der Waals surface area (Å²) in [6, 6.07) is 15.2. The van der Waals surface area contributed by atoms with Gasteiger partial charge in [-0.05, 0) is 31.3 Å². The molecule has 5 nitrogen and oxygen atoms in total. The van der Waals surface area contributed by atoms with Crippen LogP contribution in [-0.4, -0.2) is 22.2 Å². The van der Waals surface area contributed by atoms with Gasteiger partial charge < -0.3 is 10.3 Å². The Bertz CT molecular complexity index is 554. The molecule has 2 N–H and O–H groups in total. The van der Waals surface area contributed by atoms with Crippen LogP contribution in [0.4, 0.5) is 0 Å². The zero-order valence-corrected chi connectivity index (χ0v) is 10.5. The second-order valence-electron chi connectivity index (χ2n) is 3.50. The van der Waals surface area contributed by atoms with Crippen molar-refractivity contribution in [3.8, 4) is 23.0 Å². The number of nitrogens with zero attached hydrogens (tertiary/aromatic N) is 3. The predicted octanol–water partition coefficient (Wildman–Crippen LogP) is 2.37. The zero-order valence-electron chi connectivity index (χ0n) is 10.5. The molecule has 0 radical (unpaired) electrons. The van der Waals surface area contributed by atoms with Crippen molar-refractivity contribution in [2.24, 2.45) is 5.73 Å². The van der Waals surface area contributed by atoms with Crippen molar-refractivity contribution in [1.29, 1.82) is 0 Å². The van der Waals surface area contributed by atoms with Gasteiger partial charge in [0, 0.05) is 11.8 Å². The summed E-state index contributed by atoms with van der Waals surface area (Å²) in [6.45, 7) is 0. The number of pyridine rings is 1. The maximum absolute atomic E-state index is 5.20. The summed E-state index contributed by atoms with van der Waals surface area (Å²) in [5.74, 6) is 1.01. The standard InChI is InChI=1S/C13H9N3O.CH5N/c1-2-6-10(7-3-1)13-15-12(16-17-13)11-8-4-5-9-14-11;1-2/h1-9H;2H2,1H3. The van der Waals surface area contributed by atoms with Gasteiger partial charge in [0.15, 0.2) is 0 Å². The molecule has 0 aliphatic heterocycles. The van der Waals surface area contributed by atoms with Crippen molar-refractivity contribution in [2.45, 2.75) is 0 Å². The molecule has 3 rings (SSSR count). The second kappa shape index (κ2) is 6.42. The minimum atomic E-state index is 0.504. The van der Waals surface area contributed by atoms with Crippen LogP contribution in [0.1, 0.15) is 0 Å². The van der Waals surface area contributed by atoms with Gasteiger partial charge in [-0.2, -0.15) is 4.98 Å². The van der Waals surface area contributed by atoms with Crippen LogP contribution in [-0.2, 0) is 0 Å². The first-order chi connectivity index (χ1) is 9.43. The molecule has 2 heterocycles. The molecule has 0 saturated heterocycles. The van der Waals surface area contributed by atoms with Crippen molar-refractivity contribution in [3.05, 3.63) is 54.7 Å². The average Bonchev–Trinajstić information content (AvgIpc) is 3.01. The Balaban J connectivity index is 0.000000637. The van der Waals surface area contributed by atoms with Crippen LogP contribution in [0.3, 0.4) is 0 Å². The molecule has 1 aromatic carbocycles. The third-order valence-corrected chi connectivity index (χ3v) is 2.34. The maximum atomic E-state index is 5.20. The molecule has 5 heteroatoms. The van der Waals surface area contributed by atoms with Crippen LogP contribution in [0.5, 0.6) is 0 Å². The number of aromatic nitrogens is 3. The molecule has 96 valence electrons. The van der Waals surface area contributed by atoms with Crippen LogP contribution in [0.15, 0.2) is 59.3 Å². The Hall–Kier alpha value is -2.53. The summed E-state index contributed by atoms with van der Waals surface area (Å²) in [5, 5.41) is 3.91. The molecule has 0 spiro atoms. The highest BCUT2D eigenvalue weighted by atomic mass is 16.5. The van der Waals surface area contributed by atoms with Gasteiger partial charge in [-0.25, -0.2) is 0 Å². The van der Waals surface area contributed by atoms with Crippen molar-refractivity contribution >= 4 is 0 Å². The van der Waals surface area contributed by atoms with E-state index in [9.17, 15) is 0 Å². The van der Waals surface area contributed by atoms with Crippen LogP contribution in [0.2, 0.25) is 0 Å². The third kappa shape index (κ3) is 3.02. The minimum Gasteiger partial charge on any atom is -0.334 e. The number of benzene rings is 1. The lowest BCUT2D eigenvalue weighted by Crippen LogP contribution is -1.83. The molecular weight excluding hydrogens is 240 g/mol. The summed E-state index contributed by atoms with van der Waals surface area (Å²) >= 11 is 0. The van der Waals surface area contributed by atoms with E-state index in [2.05, 4.69) is 20.9 Å². The summed E-state index contributed by atoms with van der Waals surface area (Å²) in [4.78, 5) is 8.48. The Labute approximate surface area is 111 Å². The molecule has 19 heavy (non-hydrogen) atoms. The lowest BCUT2D eigenvalue weighted by atomic mass is 10.2. The first kappa shape index (κ1) is 12.9. The van der Waals surface area contributed by atoms with E-state index in [-0.39, 0.29) is 0 Å². The summed E-state index contributed by atoms with van der Waals surface area (Å²) < 4.78 is 5.20. The number of nitrogens with two attached hydrogens (primary N) is 1. The van der Waals surface area contributed by atoms with Gasteiger partial charge in [-0.3, -0.25) is 4.98 Å². The van der Waals surface area contributed by atoms with Gasteiger partial charge in [0.05, 0.1) is 0 Å². The molecule has 0 atom stereocenters. The maximum Gasteiger partial charge on any atom is 0.258 e. The molecule has 0 bridgehead atoms. The Kier molecular flexibility index (Phi) is 4.36. The van der Waals surface area contributed by atoms with Gasteiger partial charge in [0.1, 0.15) is 5.69 Å². The van der Waals surface area contributed by atoms with E-state index < -0.39 is 0 Å². The van der Waals surface area contributed by atoms with Gasteiger partial charge in [-0.1, -0.05) is 29.4 Å². The molecule has 3 aromatic rings. The van der Waals surface area contributed by atoms with E-state index in [1.54, 1.807) is 6.20 Å². The summed E-state index contributed by atoms with van der Waals surface area (Å²) in [5.41, 5.74) is 6.11. The Morgan fingerprint density at radius 2 is 1.68 bits per heavy atom. The van der Waals surface area contributed by atoms with Crippen LogP contribution < -0.4 is 5.73 Å². The van der Waals surface area contributed by atoms with E-state index >= 15 is 0 Å². The smallest absolute Gasteiger partial charge is 0.258 e. The molecule has 0 amide bonds. The lowest BCUT2D eigenvalue weighted by Gasteiger charge is -1.91. The molecule has 0 aliphatic carbocycles. The number of rotatable bonds is 2. The molecule has 2 aromatic heterocycles. The fourth-order valence-electron chi connectivity index (χ4n) is 1.52. The third-order valence-electron chi connectivity index (χ3n) is 2.34. The molecule has 0 aliphatic rings. The van der Waals surface area contributed by atoms with E-state index in [0.29, 0.717) is 17.4 Å². The average molecular weight is 254 g/mol. The molecule has 0 saturated carbocycles. The monoisotopic (exact) mass is 254 g/mol. The van der Waals surface area contributed by atoms with Crippen molar-refractivity contribution in [3.63, 3.8) is 0 Å². The fourth-order valence-corrected chi connectivity index (χ4v) is 1.52. The van der Waals surface area contributed by atoms with Crippen molar-refractivity contribution in [2.75, 3.05) is 7.05 Å². The first-order valence-corrected chi connectivity index (χ1v) is 5.82. The largest absolute Gasteiger partial charge is 0.334 e. The quantitative estimate of drug-likeness (QED) is 0.759. The molecular formula is C14H14N4O. The Morgan fingerprint density at radius 1 is 0.947 bits per heavy atom. The highest BCUT2D eigenvalue weighted by Gasteiger charge is 2.10. The van der Waals surface area contributed by atoms with E-state index in [4.69, 9.17) is 4.52 Å². The van der Waals surface area contributed by atoms with Gasteiger partial charge in [0.25, 0.3) is 5.89 Å². The van der Waals surface area contributed by atoms with Gasteiger partial charge in [0.2, 0.25) is 5.82 Å². The Morgan fingerprint density at radius 3 is 2.37 bits per heavy atom. The van der Waals surface area contributed by atoms with E-state index in [1.165, 1.54) is 7.05 Å². The molecule has 0 fully saturated rings. The lowest BCUT2D eigenvalue weighted by molar-refractivity contribution is 0.432. The summed E-state index contributed by atoms with van der Waals surface area (Å²) in [6.07, 6.45) is 1.70. The topological polar surface area (TPSA) is 77.8 Å². The van der Waals surface area contributed by atoms with Gasteiger partial charge >= 0.3 is 0 Å². The number of hydrogen-bond acceptors (Lipinski definition) is 5. The number of hydrogen-bond donors (Lipinski definition) is 1. The van der Waals surface area contributed by atoms with Crippen molar-refractivity contribution < 1.29 is 4.52 Å². The minimum absolute atomic E-state index is 0.504. The fraction of sp³-hybridized carbons (Fsp3) is 0.0714. The van der Waals surface area contributed by atoms with E-state index in [0.717, 1.165) is 5.56 Å². The molecule has 0 unspecified atom stereocenters. The predicted molar refractivity (Wildman–Crippen MR) is 73.1 cm³/mol. The van der Waals surface area contributed by atoms with Crippen molar-refractivity contribution in [1.82, 2.24) is 15.1 Å². The van der Waals surface area contributed by atoms with E-state index in [1.807, 2.05) is 48.5 Å². The van der Waals surface area contributed by atoms with Crippen LogP contribution >= 0.6 is 0 Å². The highest BCUT2D eigenvalue weighted by Crippen LogP contribution is 2.20. The van der Waals surface area contributed by atoms with Crippen LogP contribution in [0.25, 0.3) is 23.0 Å². The SMILES string of the molecule is CN.c1ccc(-c2nc(-c3ccccn3)no2)cc1. The van der Waals surface area contributed by atoms with Crippen LogP contribution in [0, 0.1) is 0 Å².